The first-order valence-electron chi connectivity index (χ1n) is 9.10. The van der Waals surface area contributed by atoms with E-state index in [1.807, 2.05) is 18.2 Å². The summed E-state index contributed by atoms with van der Waals surface area (Å²) in [6.07, 6.45) is 1.48. The van der Waals surface area contributed by atoms with Crippen LogP contribution in [0.4, 0.5) is 0 Å². The molecule has 0 bridgehead atoms. The van der Waals surface area contributed by atoms with Gasteiger partial charge in [-0.05, 0) is 29.8 Å². The lowest BCUT2D eigenvalue weighted by molar-refractivity contribution is -0.140. The summed E-state index contributed by atoms with van der Waals surface area (Å²) in [5.74, 6) is -0.527. The fourth-order valence-corrected chi connectivity index (χ4v) is 3.46. The lowest BCUT2D eigenvalue weighted by Crippen LogP contribution is -2.29. The number of aliphatic hydroxyl groups is 1. The van der Waals surface area contributed by atoms with Crippen molar-refractivity contribution in [2.75, 3.05) is 7.11 Å². The van der Waals surface area contributed by atoms with Gasteiger partial charge >= 0.3 is 0 Å². The minimum atomic E-state index is -0.813. The number of aliphatic hydroxyl groups excluding tert-OH is 1. The van der Waals surface area contributed by atoms with Gasteiger partial charge in [-0.15, -0.1) is 0 Å². The van der Waals surface area contributed by atoms with Gasteiger partial charge in [0.15, 0.2) is 0 Å². The molecule has 3 aromatic rings. The molecular formula is C23H19NO5. The van der Waals surface area contributed by atoms with Crippen molar-refractivity contribution in [2.45, 2.75) is 12.6 Å². The van der Waals surface area contributed by atoms with E-state index in [1.54, 1.807) is 55.6 Å². The highest BCUT2D eigenvalue weighted by Crippen LogP contribution is 2.40. The summed E-state index contributed by atoms with van der Waals surface area (Å²) < 4.78 is 10.7. The summed E-state index contributed by atoms with van der Waals surface area (Å²) in [6, 6.07) is 18.5. The molecule has 0 aliphatic carbocycles. The molecule has 1 aliphatic heterocycles. The second-order valence-electron chi connectivity index (χ2n) is 6.66. The third-order valence-corrected chi connectivity index (χ3v) is 4.91. The quantitative estimate of drug-likeness (QED) is 0.407. The second-order valence-corrected chi connectivity index (χ2v) is 6.66. The molecule has 1 fully saturated rings. The first-order valence-corrected chi connectivity index (χ1v) is 9.10. The van der Waals surface area contributed by atoms with Crippen LogP contribution in [-0.4, -0.2) is 28.8 Å². The van der Waals surface area contributed by atoms with E-state index in [1.165, 1.54) is 11.2 Å². The Morgan fingerprint density at radius 1 is 1.03 bits per heavy atom. The topological polar surface area (TPSA) is 80.0 Å². The first-order chi connectivity index (χ1) is 14.1. The van der Waals surface area contributed by atoms with E-state index in [0.717, 1.165) is 5.56 Å². The van der Waals surface area contributed by atoms with E-state index >= 15 is 0 Å². The smallest absolute Gasteiger partial charge is 0.296 e. The Hall–Kier alpha value is -3.80. The number of benzene rings is 2. The van der Waals surface area contributed by atoms with Crippen LogP contribution in [0.25, 0.3) is 5.76 Å². The highest BCUT2D eigenvalue weighted by molar-refractivity contribution is 6.46. The molecule has 0 radical (unpaired) electrons. The van der Waals surface area contributed by atoms with Crippen LogP contribution in [0.1, 0.15) is 22.9 Å². The minimum Gasteiger partial charge on any atom is -0.507 e. The number of carbonyl (C=O) groups excluding carboxylic acids is 2. The number of methoxy groups -OCH3 is 1. The van der Waals surface area contributed by atoms with Crippen LogP contribution in [0.3, 0.4) is 0 Å². The predicted octanol–water partition coefficient (Wildman–Crippen LogP) is 3.91. The Balaban J connectivity index is 1.78. The molecule has 4 rings (SSSR count). The average molecular weight is 389 g/mol. The van der Waals surface area contributed by atoms with E-state index in [2.05, 4.69) is 0 Å². The van der Waals surface area contributed by atoms with Crippen LogP contribution in [0, 0.1) is 0 Å². The molecule has 1 atom stereocenters. The van der Waals surface area contributed by atoms with Crippen LogP contribution in [0.2, 0.25) is 0 Å². The van der Waals surface area contributed by atoms with Gasteiger partial charge in [0.05, 0.1) is 18.9 Å². The van der Waals surface area contributed by atoms with Crippen molar-refractivity contribution in [1.82, 2.24) is 4.90 Å². The van der Waals surface area contributed by atoms with Crippen LogP contribution >= 0.6 is 0 Å². The lowest BCUT2D eigenvalue weighted by Gasteiger charge is -2.23. The molecule has 1 saturated heterocycles. The highest BCUT2D eigenvalue weighted by Gasteiger charge is 2.47. The van der Waals surface area contributed by atoms with Crippen molar-refractivity contribution >= 4 is 17.4 Å². The van der Waals surface area contributed by atoms with Crippen LogP contribution in [0.5, 0.6) is 5.75 Å². The maximum atomic E-state index is 12.9. The molecule has 1 unspecified atom stereocenters. The molecule has 1 aliphatic rings. The first kappa shape index (κ1) is 18.6. The third kappa shape index (κ3) is 3.40. The summed E-state index contributed by atoms with van der Waals surface area (Å²) in [5.41, 5.74) is 1.31. The van der Waals surface area contributed by atoms with Crippen molar-refractivity contribution in [3.05, 3.63) is 95.5 Å². The maximum Gasteiger partial charge on any atom is 0.296 e. The number of ether oxygens (including phenoxy) is 1. The van der Waals surface area contributed by atoms with Crippen LogP contribution in [0.15, 0.2) is 83.0 Å². The van der Waals surface area contributed by atoms with E-state index in [0.29, 0.717) is 17.1 Å². The fraction of sp³-hybridized carbons (Fsp3) is 0.130. The van der Waals surface area contributed by atoms with Crippen LogP contribution < -0.4 is 4.74 Å². The Morgan fingerprint density at radius 2 is 1.76 bits per heavy atom. The number of amides is 1. The number of ketones is 1. The number of rotatable bonds is 5. The number of Topliss-reactive ketones (excluding diaryl/α,β-unsaturated/α-hetero) is 1. The number of likely N-dealkylation sites (tertiary alicyclic amines) is 1. The normalized spacial score (nSPS) is 18.2. The van der Waals surface area contributed by atoms with Crippen molar-refractivity contribution < 1.29 is 23.8 Å². The average Bonchev–Trinajstić information content (AvgIpc) is 3.37. The number of hydrogen-bond acceptors (Lipinski definition) is 5. The predicted molar refractivity (Wildman–Crippen MR) is 106 cm³/mol. The van der Waals surface area contributed by atoms with E-state index < -0.39 is 17.7 Å². The zero-order chi connectivity index (χ0) is 20.4. The monoisotopic (exact) mass is 389 g/mol. The highest BCUT2D eigenvalue weighted by atomic mass is 16.5. The molecule has 0 spiro atoms. The Kier molecular flexibility index (Phi) is 4.91. The Morgan fingerprint density at radius 3 is 2.38 bits per heavy atom. The van der Waals surface area contributed by atoms with E-state index in [-0.39, 0.29) is 17.9 Å². The summed E-state index contributed by atoms with van der Waals surface area (Å²) >= 11 is 0. The van der Waals surface area contributed by atoms with Gasteiger partial charge in [-0.2, -0.15) is 0 Å². The largest absolute Gasteiger partial charge is 0.507 e. The molecule has 2 aromatic carbocycles. The molecule has 2 heterocycles. The summed E-state index contributed by atoms with van der Waals surface area (Å²) in [5, 5.41) is 10.9. The molecule has 6 nitrogen and oxygen atoms in total. The number of carbonyl (C=O) groups is 2. The van der Waals surface area contributed by atoms with Gasteiger partial charge in [0.25, 0.3) is 11.7 Å². The zero-order valence-corrected chi connectivity index (χ0v) is 15.7. The van der Waals surface area contributed by atoms with E-state index in [9.17, 15) is 14.7 Å². The minimum absolute atomic E-state index is 0.0182. The molecule has 146 valence electrons. The van der Waals surface area contributed by atoms with Gasteiger partial charge in [-0.3, -0.25) is 9.59 Å². The molecule has 1 N–H and O–H groups in total. The molecule has 1 amide bonds. The number of hydrogen-bond donors (Lipinski definition) is 1. The zero-order valence-electron chi connectivity index (χ0n) is 15.7. The van der Waals surface area contributed by atoms with Crippen molar-refractivity contribution in [3.63, 3.8) is 0 Å². The van der Waals surface area contributed by atoms with Crippen molar-refractivity contribution in [3.8, 4) is 5.75 Å². The fourth-order valence-electron chi connectivity index (χ4n) is 3.46. The number of nitrogens with zero attached hydrogens (tertiary/aromatic N) is 1. The van der Waals surface area contributed by atoms with Crippen LogP contribution in [-0.2, 0) is 16.1 Å². The molecule has 1 aromatic heterocycles. The van der Waals surface area contributed by atoms with Gasteiger partial charge in [0.1, 0.15) is 23.3 Å². The standard InChI is InChI=1S/C23H19NO5/c1-28-17-11-9-15(10-12-17)14-24-20(18-8-5-13-29-18)19(22(26)23(24)27)21(25)16-6-3-2-4-7-16/h2-13,20,25H,14H2,1H3/b21-19-. The summed E-state index contributed by atoms with van der Waals surface area (Å²) in [7, 11) is 1.58. The second kappa shape index (κ2) is 7.67. The Labute approximate surface area is 167 Å². The van der Waals surface area contributed by atoms with Gasteiger partial charge in [0.2, 0.25) is 0 Å². The van der Waals surface area contributed by atoms with E-state index in [4.69, 9.17) is 9.15 Å². The molecular weight excluding hydrogens is 370 g/mol. The third-order valence-electron chi connectivity index (χ3n) is 4.91. The molecule has 6 heteroatoms. The molecule has 0 saturated carbocycles. The summed E-state index contributed by atoms with van der Waals surface area (Å²) in [6.45, 7) is 0.186. The summed E-state index contributed by atoms with van der Waals surface area (Å²) in [4.78, 5) is 27.1. The van der Waals surface area contributed by atoms with Crippen molar-refractivity contribution in [1.29, 1.82) is 0 Å². The van der Waals surface area contributed by atoms with Crippen molar-refractivity contribution in [2.24, 2.45) is 0 Å². The lowest BCUT2D eigenvalue weighted by atomic mass is 9.99. The SMILES string of the molecule is COc1ccc(CN2C(=O)C(=O)/C(=C(\O)c3ccccc3)C2c2ccco2)cc1. The Bertz CT molecular complexity index is 1050. The van der Waals surface area contributed by atoms with Gasteiger partial charge < -0.3 is 19.2 Å². The molecule has 29 heavy (non-hydrogen) atoms. The van der Waals surface area contributed by atoms with Gasteiger partial charge in [-0.25, -0.2) is 0 Å². The maximum absolute atomic E-state index is 12.9. The van der Waals surface area contributed by atoms with Gasteiger partial charge in [-0.1, -0.05) is 42.5 Å². The number of furan rings is 1. The van der Waals surface area contributed by atoms with Gasteiger partial charge in [0, 0.05) is 12.1 Å².